The third kappa shape index (κ3) is 7.57. The first-order valence-electron chi connectivity index (χ1n) is 18.9. The lowest BCUT2D eigenvalue weighted by Crippen LogP contribution is -2.34. The minimum Gasteiger partial charge on any atom is -0.307 e. The van der Waals surface area contributed by atoms with Gasteiger partial charge in [0.2, 0.25) is 0 Å². The third-order valence-electron chi connectivity index (χ3n) is 10.6. The fraction of sp³-hybridized carbons (Fsp3) is 0.356. The van der Waals surface area contributed by atoms with E-state index in [-0.39, 0.29) is 11.8 Å². The molecule has 6 heteroatoms. The smallest absolute Gasteiger partial charge is 0.261 e. The molecule has 0 aliphatic carbocycles. The highest BCUT2D eigenvalue weighted by Gasteiger charge is 2.49. The molecule has 2 aliphatic heterocycles. The van der Waals surface area contributed by atoms with Crippen LogP contribution in [0.4, 0.5) is 0 Å². The van der Waals surface area contributed by atoms with Crippen molar-refractivity contribution in [3.05, 3.63) is 118 Å². The Morgan fingerprint density at radius 3 is 1.45 bits per heavy atom. The zero-order chi connectivity index (χ0) is 35.9. The van der Waals surface area contributed by atoms with Gasteiger partial charge in [0, 0.05) is 18.0 Å². The molecule has 0 bridgehead atoms. The number of hydrogen-bond acceptors (Lipinski definition) is 4. The molecule has 0 saturated carbocycles. The van der Waals surface area contributed by atoms with Crippen molar-refractivity contribution in [3.8, 4) is 21.6 Å². The number of unbranched alkanes of at least 4 members (excludes halogenated alkanes) is 2. The number of carbonyl (C=O) groups is 3. The quantitative estimate of drug-likeness (QED) is 0.103. The van der Waals surface area contributed by atoms with Crippen LogP contribution in [-0.2, 0) is 9.59 Å². The van der Waals surface area contributed by atoms with E-state index < -0.39 is 0 Å². The number of thiophene rings is 1. The van der Waals surface area contributed by atoms with Gasteiger partial charge in [0.05, 0.1) is 27.4 Å². The highest BCUT2D eigenvalue weighted by atomic mass is 32.1. The summed E-state index contributed by atoms with van der Waals surface area (Å²) in [7, 11) is 0. The Hall–Kier alpha value is -4.55. The number of carbonyl (C=O) groups excluding carboxylic acids is 3. The van der Waals surface area contributed by atoms with Crippen LogP contribution in [0.1, 0.15) is 99.9 Å². The van der Waals surface area contributed by atoms with Crippen molar-refractivity contribution in [2.75, 3.05) is 13.1 Å². The van der Waals surface area contributed by atoms with E-state index in [0.29, 0.717) is 40.9 Å². The molecule has 5 nitrogen and oxygen atoms in total. The molecular formula is C45H50N2O3S. The molecule has 0 radical (unpaired) electrons. The Morgan fingerprint density at radius 2 is 1.02 bits per heavy atom. The first kappa shape index (κ1) is 36.2. The lowest BCUT2D eigenvalue weighted by atomic mass is 9.97. The summed E-state index contributed by atoms with van der Waals surface area (Å²) >= 11 is 1.46. The van der Waals surface area contributed by atoms with Crippen molar-refractivity contribution in [3.63, 3.8) is 0 Å². The van der Waals surface area contributed by atoms with E-state index in [1.165, 1.54) is 11.3 Å². The molecule has 0 spiro atoms. The van der Waals surface area contributed by atoms with E-state index in [9.17, 15) is 14.4 Å². The van der Waals surface area contributed by atoms with E-state index in [1.54, 1.807) is 0 Å². The largest absolute Gasteiger partial charge is 0.307 e. The van der Waals surface area contributed by atoms with Crippen molar-refractivity contribution in [2.24, 2.45) is 11.8 Å². The highest BCUT2D eigenvalue weighted by molar-refractivity contribution is 7.17. The van der Waals surface area contributed by atoms with Gasteiger partial charge in [0.15, 0.2) is 6.29 Å². The zero-order valence-electron chi connectivity index (χ0n) is 30.5. The average Bonchev–Trinajstić information content (AvgIpc) is 3.85. The van der Waals surface area contributed by atoms with Crippen LogP contribution in [0.3, 0.4) is 0 Å². The SMILES string of the molecule is CCCCC(CC)CN1C(=O)C2=C(c3ccc(-c4ccc(C=O)s4)cc3)N(CC(CC)CCCC)C(=O)C2=C1c1ccc(-c2ccccc2)cc1. The summed E-state index contributed by atoms with van der Waals surface area (Å²) in [6.45, 7) is 9.98. The van der Waals surface area contributed by atoms with Crippen molar-refractivity contribution in [1.82, 2.24) is 9.80 Å². The Balaban J connectivity index is 1.50. The van der Waals surface area contributed by atoms with Gasteiger partial charge in [0.25, 0.3) is 11.8 Å². The summed E-state index contributed by atoms with van der Waals surface area (Å²) in [6.07, 6.45) is 9.33. The molecule has 264 valence electrons. The number of aldehydes is 1. The topological polar surface area (TPSA) is 57.7 Å². The number of nitrogens with zero attached hydrogens (tertiary/aromatic N) is 2. The van der Waals surface area contributed by atoms with E-state index in [4.69, 9.17) is 0 Å². The molecule has 3 heterocycles. The lowest BCUT2D eigenvalue weighted by Gasteiger charge is -2.29. The Morgan fingerprint density at radius 1 is 0.569 bits per heavy atom. The van der Waals surface area contributed by atoms with Crippen molar-refractivity contribution in [2.45, 2.75) is 79.1 Å². The number of fused-ring (bicyclic) bond motifs is 1. The van der Waals surface area contributed by atoms with Crippen LogP contribution in [0.5, 0.6) is 0 Å². The summed E-state index contributed by atoms with van der Waals surface area (Å²) < 4.78 is 0. The standard InChI is InChI=1S/C45H50N2O3S/c1-5-9-14-31(7-3)28-46-42(36-22-18-34(19-23-36)33-16-12-11-13-17-33)40-41(45(46)50)43(47(44(40)49)29-32(8-4)15-10-6-2)37-24-20-35(21-25-37)39-27-26-38(30-48)51-39/h11-13,16-27,30-32H,5-10,14-15,28-29H2,1-4H3. The van der Waals surface area contributed by atoms with Gasteiger partial charge in [-0.15, -0.1) is 11.3 Å². The summed E-state index contributed by atoms with van der Waals surface area (Å²) in [5.74, 6) is 0.511. The molecule has 2 atom stereocenters. The second kappa shape index (κ2) is 16.6. The van der Waals surface area contributed by atoms with E-state index >= 15 is 0 Å². The van der Waals surface area contributed by atoms with Gasteiger partial charge in [-0.2, -0.15) is 0 Å². The van der Waals surface area contributed by atoms with Crippen LogP contribution in [0.25, 0.3) is 33.0 Å². The van der Waals surface area contributed by atoms with E-state index in [2.05, 4.69) is 64.1 Å². The van der Waals surface area contributed by atoms with Gasteiger partial charge in [-0.05, 0) is 64.6 Å². The molecule has 2 aliphatic rings. The molecule has 51 heavy (non-hydrogen) atoms. The second-order valence-electron chi connectivity index (χ2n) is 14.0. The summed E-state index contributed by atoms with van der Waals surface area (Å²) in [4.78, 5) is 46.8. The van der Waals surface area contributed by atoms with Crippen molar-refractivity contribution < 1.29 is 14.4 Å². The van der Waals surface area contributed by atoms with Gasteiger partial charge in [-0.3, -0.25) is 14.4 Å². The van der Waals surface area contributed by atoms with E-state index in [1.807, 2.05) is 64.4 Å². The van der Waals surface area contributed by atoms with Gasteiger partial charge >= 0.3 is 0 Å². The van der Waals surface area contributed by atoms with Crippen molar-refractivity contribution in [1.29, 1.82) is 0 Å². The van der Waals surface area contributed by atoms with Crippen LogP contribution >= 0.6 is 11.3 Å². The lowest BCUT2D eigenvalue weighted by molar-refractivity contribution is -0.124. The third-order valence-corrected chi connectivity index (χ3v) is 11.7. The minimum absolute atomic E-state index is 0.0764. The molecule has 4 aromatic rings. The number of rotatable bonds is 17. The number of benzene rings is 3. The predicted octanol–water partition coefficient (Wildman–Crippen LogP) is 11.1. The first-order valence-corrected chi connectivity index (χ1v) is 19.7. The van der Waals surface area contributed by atoms with Crippen LogP contribution in [0.15, 0.2) is 102 Å². The van der Waals surface area contributed by atoms with Crippen LogP contribution in [0.2, 0.25) is 0 Å². The summed E-state index contributed by atoms with van der Waals surface area (Å²) in [5.41, 5.74) is 7.52. The van der Waals surface area contributed by atoms with Crippen LogP contribution in [-0.4, -0.2) is 41.0 Å². The fourth-order valence-corrected chi connectivity index (χ4v) is 8.34. The molecule has 0 N–H and O–H groups in total. The normalized spacial score (nSPS) is 15.6. The molecule has 0 saturated heterocycles. The van der Waals surface area contributed by atoms with Crippen LogP contribution < -0.4 is 0 Å². The number of hydrogen-bond donors (Lipinski definition) is 0. The van der Waals surface area contributed by atoms with Gasteiger partial charge < -0.3 is 9.80 Å². The predicted molar refractivity (Wildman–Crippen MR) is 211 cm³/mol. The average molecular weight is 699 g/mol. The monoisotopic (exact) mass is 698 g/mol. The molecule has 2 amide bonds. The zero-order valence-corrected chi connectivity index (χ0v) is 31.3. The van der Waals surface area contributed by atoms with Gasteiger partial charge in [0.1, 0.15) is 0 Å². The molecule has 6 rings (SSSR count). The highest BCUT2D eigenvalue weighted by Crippen LogP contribution is 2.48. The number of amides is 2. The van der Waals surface area contributed by atoms with Gasteiger partial charge in [-0.1, -0.05) is 145 Å². The Kier molecular flexibility index (Phi) is 11.8. The maximum Gasteiger partial charge on any atom is 0.261 e. The van der Waals surface area contributed by atoms with Gasteiger partial charge in [-0.25, -0.2) is 0 Å². The Bertz CT molecular complexity index is 1900. The molecular weight excluding hydrogens is 649 g/mol. The molecule has 2 unspecified atom stereocenters. The maximum absolute atomic E-state index is 14.9. The molecule has 3 aromatic carbocycles. The van der Waals surface area contributed by atoms with Crippen LogP contribution in [0, 0.1) is 11.8 Å². The summed E-state index contributed by atoms with van der Waals surface area (Å²) in [5, 5.41) is 0. The maximum atomic E-state index is 14.9. The van der Waals surface area contributed by atoms with Crippen molar-refractivity contribution >= 4 is 40.8 Å². The Labute approximate surface area is 307 Å². The first-order chi connectivity index (χ1) is 24.9. The molecule has 1 aromatic heterocycles. The minimum atomic E-state index is -0.0764. The fourth-order valence-electron chi connectivity index (χ4n) is 7.51. The summed E-state index contributed by atoms with van der Waals surface area (Å²) in [6, 6.07) is 30.6. The van der Waals surface area contributed by atoms with E-state index in [0.717, 1.165) is 102 Å². The molecule has 0 fully saturated rings. The second-order valence-corrected chi connectivity index (χ2v) is 15.1.